The lowest BCUT2D eigenvalue weighted by molar-refractivity contribution is -0.136. The number of nitrogens with two attached hydrogens (primary N) is 4. The van der Waals surface area contributed by atoms with Gasteiger partial charge >= 0.3 is 0 Å². The van der Waals surface area contributed by atoms with Gasteiger partial charge in [-0.1, -0.05) is 74.1 Å². The summed E-state index contributed by atoms with van der Waals surface area (Å²) in [7, 11) is 0. The van der Waals surface area contributed by atoms with Gasteiger partial charge in [-0.05, 0) is 102 Å². The van der Waals surface area contributed by atoms with E-state index >= 15 is 0 Å². The van der Waals surface area contributed by atoms with Crippen LogP contribution in [0.3, 0.4) is 0 Å². The van der Waals surface area contributed by atoms with Gasteiger partial charge in [0.1, 0.15) is 48.3 Å². The van der Waals surface area contributed by atoms with Crippen molar-refractivity contribution in [1.29, 1.82) is 0 Å². The SMILES string of the molecule is CCCCCCCC(=O)N[C@H](CCN)C(=O)N[C@H]1CCNC(=O)[C@H](CC(C)C)NC(=O)[C@H](CCN)NC(=O)[C@H](CCN)NC(=O)[C@H](CC(C)C)NC(=O)[C@@H](CC(C)C)NC(=O)[C@H](CCN)NC1=O. The Hall–Kier alpha value is -4.93. The van der Waals surface area contributed by atoms with Crippen LogP contribution in [0.2, 0.25) is 0 Å². The van der Waals surface area contributed by atoms with Gasteiger partial charge in [-0.3, -0.25) is 43.2 Å². The van der Waals surface area contributed by atoms with Gasteiger partial charge < -0.3 is 70.8 Å². The number of amides is 9. The monoisotopic (exact) mass is 966 g/mol. The van der Waals surface area contributed by atoms with Gasteiger partial charge in [-0.15, -0.1) is 0 Å². The summed E-state index contributed by atoms with van der Waals surface area (Å²) >= 11 is 0. The van der Waals surface area contributed by atoms with E-state index < -0.39 is 95.6 Å². The smallest absolute Gasteiger partial charge is 0.243 e. The van der Waals surface area contributed by atoms with Crippen LogP contribution in [-0.4, -0.2) is 134 Å². The highest BCUT2D eigenvalue weighted by Gasteiger charge is 2.35. The lowest BCUT2D eigenvalue weighted by Gasteiger charge is -2.29. The quantitative estimate of drug-likeness (QED) is 0.0508. The Morgan fingerprint density at radius 3 is 1.31 bits per heavy atom. The number of hydrogen-bond acceptors (Lipinski definition) is 13. The first-order valence-corrected chi connectivity index (χ1v) is 24.7. The summed E-state index contributed by atoms with van der Waals surface area (Å²) in [6, 6.07) is -9.76. The zero-order valence-corrected chi connectivity index (χ0v) is 41.8. The Morgan fingerprint density at radius 2 is 0.912 bits per heavy atom. The summed E-state index contributed by atoms with van der Waals surface area (Å²) in [6.07, 6.45) is 4.85. The highest BCUT2D eigenvalue weighted by molar-refractivity contribution is 5.98. The maximum atomic E-state index is 14.2. The molecule has 0 spiro atoms. The average molecular weight is 966 g/mol. The minimum Gasteiger partial charge on any atom is -0.354 e. The van der Waals surface area contributed by atoms with Gasteiger partial charge in [0.05, 0.1) is 0 Å². The number of carbonyl (C=O) groups is 9. The molecule has 68 heavy (non-hydrogen) atoms. The molecule has 1 saturated heterocycles. The summed E-state index contributed by atoms with van der Waals surface area (Å²) in [5.74, 6) is -6.53. The number of unbranched alkanes of at least 4 members (excludes halogenated alkanes) is 4. The molecule has 8 atom stereocenters. The second kappa shape index (κ2) is 33.5. The molecule has 22 heteroatoms. The third-order valence-electron chi connectivity index (χ3n) is 11.3. The minimum atomic E-state index is -1.39. The first-order valence-electron chi connectivity index (χ1n) is 24.7. The van der Waals surface area contributed by atoms with Gasteiger partial charge in [-0.25, -0.2) is 0 Å². The fraction of sp³-hybridized carbons (Fsp3) is 0.804. The summed E-state index contributed by atoms with van der Waals surface area (Å²) in [6.45, 7) is 12.8. The number of hydrogen-bond donors (Lipinski definition) is 13. The van der Waals surface area contributed by atoms with E-state index in [1.54, 1.807) is 0 Å². The van der Waals surface area contributed by atoms with E-state index in [4.69, 9.17) is 22.9 Å². The summed E-state index contributed by atoms with van der Waals surface area (Å²) in [5.41, 5.74) is 23.5. The molecule has 0 aliphatic carbocycles. The van der Waals surface area contributed by atoms with Crippen LogP contribution in [-0.2, 0) is 43.2 Å². The molecule has 0 bridgehead atoms. The van der Waals surface area contributed by atoms with Gasteiger partial charge in [-0.2, -0.15) is 0 Å². The maximum Gasteiger partial charge on any atom is 0.243 e. The fourth-order valence-corrected chi connectivity index (χ4v) is 7.64. The molecule has 1 fully saturated rings. The molecular formula is C46H87N13O9. The molecule has 0 unspecified atom stereocenters. The molecule has 1 aliphatic rings. The lowest BCUT2D eigenvalue weighted by Crippen LogP contribution is -2.60. The summed E-state index contributed by atoms with van der Waals surface area (Å²) < 4.78 is 0. The van der Waals surface area contributed by atoms with Crippen LogP contribution >= 0.6 is 0 Å². The zero-order chi connectivity index (χ0) is 51.3. The van der Waals surface area contributed by atoms with Crippen LogP contribution in [0, 0.1) is 17.8 Å². The highest BCUT2D eigenvalue weighted by atomic mass is 16.2. The second-order valence-corrected chi connectivity index (χ2v) is 19.0. The van der Waals surface area contributed by atoms with Crippen molar-refractivity contribution in [3.05, 3.63) is 0 Å². The Balaban J connectivity index is 3.83. The van der Waals surface area contributed by atoms with Crippen LogP contribution < -0.4 is 70.8 Å². The largest absolute Gasteiger partial charge is 0.354 e. The first-order chi connectivity index (χ1) is 32.2. The van der Waals surface area contributed by atoms with Crippen molar-refractivity contribution < 1.29 is 43.2 Å². The van der Waals surface area contributed by atoms with Gasteiger partial charge in [0.25, 0.3) is 0 Å². The average Bonchev–Trinajstić information content (AvgIpc) is 3.26. The van der Waals surface area contributed by atoms with Crippen molar-refractivity contribution in [2.75, 3.05) is 32.7 Å². The topological polar surface area (TPSA) is 366 Å². The molecule has 0 saturated carbocycles. The Kier molecular flexibility index (Phi) is 30.1. The normalized spacial score (nSPS) is 23.7. The van der Waals surface area contributed by atoms with Crippen molar-refractivity contribution in [3.63, 3.8) is 0 Å². The third kappa shape index (κ3) is 23.9. The van der Waals surface area contributed by atoms with E-state index in [0.717, 1.165) is 25.7 Å². The van der Waals surface area contributed by atoms with Gasteiger partial charge in [0, 0.05) is 13.0 Å². The Bertz CT molecular complexity index is 1620. The number of nitrogens with one attached hydrogen (secondary N) is 9. The van der Waals surface area contributed by atoms with E-state index in [-0.39, 0.29) is 114 Å². The molecule has 0 aromatic carbocycles. The van der Waals surface area contributed by atoms with Crippen LogP contribution in [0.15, 0.2) is 0 Å². The van der Waals surface area contributed by atoms with Crippen LogP contribution in [0.1, 0.15) is 138 Å². The summed E-state index contributed by atoms with van der Waals surface area (Å²) in [5, 5.41) is 24.3. The number of rotatable bonds is 23. The molecule has 390 valence electrons. The van der Waals surface area contributed by atoms with Gasteiger partial charge in [0.15, 0.2) is 0 Å². The zero-order valence-electron chi connectivity index (χ0n) is 41.8. The standard InChI is InChI=1S/C46H87N13O9/c1-8-9-10-11-12-13-38(60)52-30(14-19-47)40(62)56-34-18-23-51-39(61)35(24-27(2)3)57-42(64)32(16-21-49)53-41(63)31(15-20-48)55-45(67)36(25-28(4)5)59-46(68)37(26-29(6)7)58-43(65)33(17-22-50)54-44(34)66/h27-37H,8-26,47-50H2,1-7H3,(H,51,61)(H,52,60)(H,53,63)(H,54,66)(H,55,67)(H,56,62)(H,57,64)(H,58,65)(H,59,68)/t30-,31+,32+,33+,34+,35+,36+,37-/m1/s1. The molecule has 0 aromatic heterocycles. The second-order valence-electron chi connectivity index (χ2n) is 19.0. The Labute approximate surface area is 403 Å². The predicted molar refractivity (Wildman–Crippen MR) is 259 cm³/mol. The Morgan fingerprint density at radius 1 is 0.529 bits per heavy atom. The molecule has 1 rings (SSSR count). The van der Waals surface area contributed by atoms with Crippen molar-refractivity contribution in [1.82, 2.24) is 47.9 Å². The maximum absolute atomic E-state index is 14.2. The molecule has 0 aromatic rings. The van der Waals surface area contributed by atoms with Crippen molar-refractivity contribution in [2.45, 2.75) is 187 Å². The molecule has 22 nitrogen and oxygen atoms in total. The van der Waals surface area contributed by atoms with Crippen LogP contribution in [0.5, 0.6) is 0 Å². The van der Waals surface area contributed by atoms with E-state index in [1.807, 2.05) is 41.5 Å². The van der Waals surface area contributed by atoms with E-state index in [9.17, 15) is 43.2 Å². The molecule has 1 aliphatic heterocycles. The fourth-order valence-electron chi connectivity index (χ4n) is 7.64. The van der Waals surface area contributed by atoms with Crippen molar-refractivity contribution >= 4 is 53.2 Å². The van der Waals surface area contributed by atoms with Crippen LogP contribution in [0.4, 0.5) is 0 Å². The third-order valence-corrected chi connectivity index (χ3v) is 11.3. The first kappa shape index (κ1) is 61.1. The molecule has 1 heterocycles. The molecule has 0 radical (unpaired) electrons. The van der Waals surface area contributed by atoms with Crippen LogP contribution in [0.25, 0.3) is 0 Å². The minimum absolute atomic E-state index is 0.0262. The van der Waals surface area contributed by atoms with Crippen molar-refractivity contribution in [2.24, 2.45) is 40.7 Å². The predicted octanol–water partition coefficient (Wildman–Crippen LogP) is -1.72. The molecule has 9 amide bonds. The van der Waals surface area contributed by atoms with Gasteiger partial charge in [0.2, 0.25) is 53.2 Å². The van der Waals surface area contributed by atoms with E-state index in [0.29, 0.717) is 6.42 Å². The lowest BCUT2D eigenvalue weighted by atomic mass is 9.99. The van der Waals surface area contributed by atoms with E-state index in [1.165, 1.54) is 0 Å². The molecule has 17 N–H and O–H groups in total. The van der Waals surface area contributed by atoms with E-state index in [2.05, 4.69) is 54.8 Å². The number of carbonyl (C=O) groups excluding carboxylic acids is 9. The highest BCUT2D eigenvalue weighted by Crippen LogP contribution is 2.12. The van der Waals surface area contributed by atoms with Crippen molar-refractivity contribution in [3.8, 4) is 0 Å². The summed E-state index contributed by atoms with van der Waals surface area (Å²) in [4.78, 5) is 125. The molecular weight excluding hydrogens is 879 g/mol.